The van der Waals surface area contributed by atoms with Crippen molar-refractivity contribution in [3.05, 3.63) is 24.0 Å². The highest BCUT2D eigenvalue weighted by Crippen LogP contribution is 2.22. The summed E-state index contributed by atoms with van der Waals surface area (Å²) in [7, 11) is -1.02. The molecule has 0 atom stereocenters. The van der Waals surface area contributed by atoms with Crippen molar-refractivity contribution in [2.45, 2.75) is 39.3 Å². The van der Waals surface area contributed by atoms with Gasteiger partial charge in [-0.25, -0.2) is 0 Å². The fourth-order valence-electron chi connectivity index (χ4n) is 1.99. The zero-order valence-corrected chi connectivity index (χ0v) is 13.2. The number of rotatable bonds is 5. The maximum absolute atomic E-state index is 5.91. The third-order valence-corrected chi connectivity index (χ3v) is 5.00. The molecule has 2 heterocycles. The van der Waals surface area contributed by atoms with Crippen LogP contribution in [-0.4, -0.2) is 24.2 Å². The molecule has 2 aromatic rings. The molecule has 2 N–H and O–H groups in total. The van der Waals surface area contributed by atoms with Gasteiger partial charge >= 0.3 is 0 Å². The zero-order valence-electron chi connectivity index (χ0n) is 12.2. The van der Waals surface area contributed by atoms with E-state index >= 15 is 0 Å². The van der Waals surface area contributed by atoms with Crippen molar-refractivity contribution in [3.8, 4) is 0 Å². The van der Waals surface area contributed by atoms with Crippen molar-refractivity contribution in [1.29, 1.82) is 0 Å². The number of aromatic nitrogens is 2. The predicted molar refractivity (Wildman–Crippen MR) is 83.0 cm³/mol. The van der Waals surface area contributed by atoms with Crippen LogP contribution in [-0.2, 0) is 11.5 Å². The fraction of sp³-hybridized carbons (Fsp3) is 0.500. The summed E-state index contributed by atoms with van der Waals surface area (Å²) in [6.45, 7) is 10.5. The summed E-state index contributed by atoms with van der Waals surface area (Å²) in [5.74, 6) is 0. The van der Waals surface area contributed by atoms with Crippen molar-refractivity contribution in [1.82, 2.24) is 9.55 Å². The highest BCUT2D eigenvalue weighted by Gasteiger charge is 2.12. The van der Waals surface area contributed by atoms with Gasteiger partial charge in [0.15, 0.2) is 0 Å². The lowest BCUT2D eigenvalue weighted by molar-refractivity contribution is 0.0902. The van der Waals surface area contributed by atoms with E-state index in [-0.39, 0.29) is 0 Å². The van der Waals surface area contributed by atoms with Crippen molar-refractivity contribution in [2.75, 3.05) is 12.3 Å². The van der Waals surface area contributed by atoms with Gasteiger partial charge in [-0.3, -0.25) is 4.98 Å². The van der Waals surface area contributed by atoms with Crippen molar-refractivity contribution >= 4 is 24.8 Å². The van der Waals surface area contributed by atoms with Gasteiger partial charge in [-0.1, -0.05) is 19.6 Å². The van der Waals surface area contributed by atoms with Gasteiger partial charge in [-0.05, 0) is 24.6 Å². The lowest BCUT2D eigenvalue weighted by atomic mass is 10.2. The van der Waals surface area contributed by atoms with Gasteiger partial charge in [0.05, 0.1) is 22.9 Å². The number of nitrogen functional groups attached to an aromatic ring is 1. The molecular weight excluding hydrogens is 254 g/mol. The smallest absolute Gasteiger partial charge is 0.122 e. The molecule has 0 aliphatic carbocycles. The highest BCUT2D eigenvalue weighted by atomic mass is 28.3. The van der Waals surface area contributed by atoms with Crippen LogP contribution < -0.4 is 5.73 Å². The molecule has 0 aliphatic heterocycles. The van der Waals surface area contributed by atoms with Gasteiger partial charge in [0.2, 0.25) is 0 Å². The van der Waals surface area contributed by atoms with E-state index in [1.807, 2.05) is 19.2 Å². The Labute approximate surface area is 115 Å². The first-order valence-corrected chi connectivity index (χ1v) is 10.4. The van der Waals surface area contributed by atoms with Crippen LogP contribution in [0.5, 0.6) is 0 Å². The molecule has 2 rings (SSSR count). The van der Waals surface area contributed by atoms with Crippen LogP contribution in [0.4, 0.5) is 5.69 Å². The number of nitrogens with two attached hydrogens (primary N) is 1. The third-order valence-electron chi connectivity index (χ3n) is 3.30. The summed E-state index contributed by atoms with van der Waals surface area (Å²) in [6.07, 6.45) is 3.73. The average molecular weight is 277 g/mol. The van der Waals surface area contributed by atoms with Crippen molar-refractivity contribution in [3.63, 3.8) is 0 Å². The molecule has 0 spiro atoms. The van der Waals surface area contributed by atoms with Crippen molar-refractivity contribution < 1.29 is 4.74 Å². The van der Waals surface area contributed by atoms with E-state index in [2.05, 4.69) is 29.2 Å². The number of ether oxygens (including phenoxy) is 1. The van der Waals surface area contributed by atoms with Crippen LogP contribution in [0, 0.1) is 6.92 Å². The number of fused-ring (bicyclic) bond motifs is 1. The van der Waals surface area contributed by atoms with Crippen LogP contribution >= 0.6 is 0 Å². The molecule has 0 fully saturated rings. The summed E-state index contributed by atoms with van der Waals surface area (Å²) in [6, 6.07) is 3.19. The molecular formula is C14H23N3OSi. The average Bonchev–Trinajstić information content (AvgIpc) is 2.72. The molecule has 0 aromatic carbocycles. The van der Waals surface area contributed by atoms with Crippen molar-refractivity contribution in [2.24, 2.45) is 0 Å². The van der Waals surface area contributed by atoms with Crippen LogP contribution in [0.3, 0.4) is 0 Å². The Balaban J connectivity index is 2.07. The summed E-state index contributed by atoms with van der Waals surface area (Å²) < 4.78 is 7.87. The van der Waals surface area contributed by atoms with E-state index in [0.29, 0.717) is 6.73 Å². The topological polar surface area (TPSA) is 53.1 Å². The van der Waals surface area contributed by atoms with Gasteiger partial charge in [0.25, 0.3) is 0 Å². The van der Waals surface area contributed by atoms with Gasteiger partial charge in [0, 0.05) is 20.9 Å². The Morgan fingerprint density at radius 2 is 2.11 bits per heavy atom. The van der Waals surface area contributed by atoms with Gasteiger partial charge < -0.3 is 15.0 Å². The molecule has 19 heavy (non-hydrogen) atoms. The molecule has 0 bridgehead atoms. The minimum absolute atomic E-state index is 0.569. The lowest BCUT2D eigenvalue weighted by Crippen LogP contribution is -2.22. The Morgan fingerprint density at radius 3 is 2.79 bits per heavy atom. The Morgan fingerprint density at radius 1 is 1.37 bits per heavy atom. The van der Waals surface area contributed by atoms with E-state index < -0.39 is 8.07 Å². The number of anilines is 1. The third kappa shape index (κ3) is 3.36. The highest BCUT2D eigenvalue weighted by molar-refractivity contribution is 6.76. The molecule has 0 amide bonds. The quantitative estimate of drug-likeness (QED) is 0.674. The largest absolute Gasteiger partial charge is 0.397 e. The van der Waals surface area contributed by atoms with E-state index in [9.17, 15) is 0 Å². The molecule has 0 saturated carbocycles. The maximum Gasteiger partial charge on any atom is 0.122 e. The van der Waals surface area contributed by atoms with E-state index in [1.54, 1.807) is 6.20 Å². The SMILES string of the molecule is Cc1c(N)cnc2ccn(COCC[Si](C)(C)C)c12. The van der Waals surface area contributed by atoms with Crippen LogP contribution in [0.25, 0.3) is 11.0 Å². The lowest BCUT2D eigenvalue weighted by Gasteiger charge is -2.16. The monoisotopic (exact) mass is 277 g/mol. The van der Waals surface area contributed by atoms with Crippen LogP contribution in [0.1, 0.15) is 5.56 Å². The Hall–Kier alpha value is -1.33. The van der Waals surface area contributed by atoms with Gasteiger partial charge in [0.1, 0.15) is 6.73 Å². The number of hydrogen-bond acceptors (Lipinski definition) is 3. The minimum Gasteiger partial charge on any atom is -0.397 e. The van der Waals surface area contributed by atoms with Crippen LogP contribution in [0.2, 0.25) is 25.7 Å². The predicted octanol–water partition coefficient (Wildman–Crippen LogP) is 3.24. The summed E-state index contributed by atoms with van der Waals surface area (Å²) in [4.78, 5) is 4.34. The second-order valence-electron chi connectivity index (χ2n) is 6.21. The standard InChI is InChI=1S/C14H23N3OSi/c1-11-12(15)9-16-13-5-6-17(14(11)13)10-18-7-8-19(2,3)4/h5-6,9H,7-8,10,15H2,1-4H3. The van der Waals surface area contributed by atoms with E-state index in [1.165, 1.54) is 6.04 Å². The molecule has 0 aliphatic rings. The van der Waals surface area contributed by atoms with E-state index in [0.717, 1.165) is 28.9 Å². The Kier molecular flexibility index (Phi) is 3.96. The van der Waals surface area contributed by atoms with Crippen LogP contribution in [0.15, 0.2) is 18.5 Å². The first kappa shape index (κ1) is 14.1. The second-order valence-corrected chi connectivity index (χ2v) is 11.8. The Bertz CT molecular complexity index is 572. The molecule has 4 nitrogen and oxygen atoms in total. The first-order valence-electron chi connectivity index (χ1n) is 6.66. The summed E-state index contributed by atoms with van der Waals surface area (Å²) in [5.41, 5.74) is 9.77. The number of pyridine rings is 1. The minimum atomic E-state index is -1.02. The van der Waals surface area contributed by atoms with Gasteiger partial charge in [-0.2, -0.15) is 0 Å². The summed E-state index contributed by atoms with van der Waals surface area (Å²) >= 11 is 0. The number of aryl methyl sites for hydroxylation is 1. The molecule has 2 aromatic heterocycles. The molecule has 0 saturated heterocycles. The summed E-state index contributed by atoms with van der Waals surface area (Å²) in [5, 5.41) is 0. The normalized spacial score (nSPS) is 12.2. The molecule has 0 unspecified atom stereocenters. The van der Waals surface area contributed by atoms with Gasteiger partial charge in [-0.15, -0.1) is 0 Å². The second kappa shape index (κ2) is 5.34. The number of nitrogens with zero attached hydrogens (tertiary/aromatic N) is 2. The zero-order chi connectivity index (χ0) is 14.0. The molecule has 5 heteroatoms. The first-order chi connectivity index (χ1) is 8.88. The maximum atomic E-state index is 5.91. The fourth-order valence-corrected chi connectivity index (χ4v) is 2.75. The molecule has 104 valence electrons. The van der Waals surface area contributed by atoms with E-state index in [4.69, 9.17) is 10.5 Å². The molecule has 0 radical (unpaired) electrons. The number of hydrogen-bond donors (Lipinski definition) is 1.